The Kier molecular flexibility index (Phi) is 12.5. The van der Waals surface area contributed by atoms with Gasteiger partial charge in [-0.1, -0.05) is 13.8 Å². The summed E-state index contributed by atoms with van der Waals surface area (Å²) in [6, 6.07) is 5.52. The fraction of sp³-hybridized carbons (Fsp3) is 0.524. The molecular weight excluding hydrogens is 515 g/mol. The number of thiazole rings is 1. The lowest BCUT2D eigenvalue weighted by molar-refractivity contribution is 0.305. The Balaban J connectivity index is 0.00000450. The Morgan fingerprint density at radius 2 is 1.77 bits per heavy atom. The van der Waals surface area contributed by atoms with Gasteiger partial charge in [0.2, 0.25) is 0 Å². The number of nitrogens with zero attached hydrogens (tertiary/aromatic N) is 2. The van der Waals surface area contributed by atoms with Crippen LogP contribution in [0.5, 0.6) is 17.2 Å². The van der Waals surface area contributed by atoms with Crippen molar-refractivity contribution < 1.29 is 14.2 Å². The van der Waals surface area contributed by atoms with Gasteiger partial charge >= 0.3 is 0 Å². The van der Waals surface area contributed by atoms with E-state index < -0.39 is 0 Å². The van der Waals surface area contributed by atoms with Crippen LogP contribution in [0.2, 0.25) is 0 Å². The van der Waals surface area contributed by atoms with E-state index in [1.165, 1.54) is 0 Å². The van der Waals surface area contributed by atoms with E-state index in [4.69, 9.17) is 14.2 Å². The van der Waals surface area contributed by atoms with Gasteiger partial charge in [0, 0.05) is 36.7 Å². The summed E-state index contributed by atoms with van der Waals surface area (Å²) in [4.78, 5) is 9.25. The van der Waals surface area contributed by atoms with Crippen LogP contribution in [-0.2, 0) is 6.54 Å². The topological polar surface area (TPSA) is 77.0 Å². The number of hydrogen-bond donors (Lipinski definition) is 2. The second-order valence-corrected chi connectivity index (χ2v) is 7.64. The highest BCUT2D eigenvalue weighted by molar-refractivity contribution is 14.0. The highest BCUT2D eigenvalue weighted by Gasteiger charge is 2.06. The standard InChI is InChI=1S/C21H32N4O3S.HI/c1-6-22-21(24-13-20-25-19(14-29-20)15(2)3)23-8-7-9-28-18-11-16(26-4)10-17(12-18)27-5;/h10-12,14-15H,6-9,13H2,1-5H3,(H2,22,23,24);1H. The van der Waals surface area contributed by atoms with E-state index in [9.17, 15) is 0 Å². The molecule has 2 aromatic rings. The van der Waals surface area contributed by atoms with Crippen LogP contribution in [0.15, 0.2) is 28.6 Å². The van der Waals surface area contributed by atoms with Crippen molar-refractivity contribution in [2.24, 2.45) is 4.99 Å². The molecule has 2 N–H and O–H groups in total. The number of hydrogen-bond acceptors (Lipinski definition) is 6. The van der Waals surface area contributed by atoms with E-state index in [-0.39, 0.29) is 24.0 Å². The van der Waals surface area contributed by atoms with Gasteiger partial charge in [-0.05, 0) is 19.3 Å². The predicted molar refractivity (Wildman–Crippen MR) is 134 cm³/mol. The lowest BCUT2D eigenvalue weighted by Gasteiger charge is -2.12. The molecule has 1 heterocycles. The van der Waals surface area contributed by atoms with Crippen LogP contribution in [-0.4, -0.2) is 44.9 Å². The van der Waals surface area contributed by atoms with E-state index in [0.717, 1.165) is 41.9 Å². The number of aromatic nitrogens is 1. The van der Waals surface area contributed by atoms with Crippen LogP contribution < -0.4 is 24.8 Å². The molecule has 0 fully saturated rings. The molecule has 0 atom stereocenters. The fourth-order valence-electron chi connectivity index (χ4n) is 2.48. The highest BCUT2D eigenvalue weighted by atomic mass is 127. The Bertz CT molecular complexity index is 761. The van der Waals surface area contributed by atoms with Gasteiger partial charge in [-0.2, -0.15) is 0 Å². The molecule has 1 aromatic heterocycles. The maximum Gasteiger partial charge on any atom is 0.191 e. The number of halogens is 1. The van der Waals surface area contributed by atoms with Crippen LogP contribution in [0.4, 0.5) is 0 Å². The molecule has 1 aromatic carbocycles. The van der Waals surface area contributed by atoms with Crippen molar-refractivity contribution in [1.29, 1.82) is 0 Å². The summed E-state index contributed by atoms with van der Waals surface area (Å²) in [6.45, 7) is 9.06. The Morgan fingerprint density at radius 3 is 2.33 bits per heavy atom. The van der Waals surface area contributed by atoms with Gasteiger partial charge < -0.3 is 24.8 Å². The minimum absolute atomic E-state index is 0. The number of benzene rings is 1. The summed E-state index contributed by atoms with van der Waals surface area (Å²) in [7, 11) is 3.25. The number of rotatable bonds is 11. The smallest absolute Gasteiger partial charge is 0.191 e. The van der Waals surface area contributed by atoms with Gasteiger partial charge in [-0.15, -0.1) is 35.3 Å². The van der Waals surface area contributed by atoms with Crippen molar-refractivity contribution in [3.63, 3.8) is 0 Å². The molecular formula is C21H33IN4O3S. The fourth-order valence-corrected chi connectivity index (χ4v) is 3.36. The van der Waals surface area contributed by atoms with E-state index >= 15 is 0 Å². The molecule has 0 saturated carbocycles. The lowest BCUT2D eigenvalue weighted by Crippen LogP contribution is -2.38. The zero-order chi connectivity index (χ0) is 21.1. The molecule has 0 aliphatic rings. The van der Waals surface area contributed by atoms with Gasteiger partial charge in [0.1, 0.15) is 22.3 Å². The molecule has 0 spiro atoms. The SMILES string of the molecule is CCNC(=NCc1nc(C(C)C)cs1)NCCCOc1cc(OC)cc(OC)c1.I. The van der Waals surface area contributed by atoms with Crippen molar-refractivity contribution in [3.8, 4) is 17.2 Å². The maximum absolute atomic E-state index is 5.82. The minimum Gasteiger partial charge on any atom is -0.496 e. The summed E-state index contributed by atoms with van der Waals surface area (Å²) in [5.74, 6) is 3.38. The van der Waals surface area contributed by atoms with Gasteiger partial charge in [0.05, 0.1) is 33.1 Å². The molecule has 0 bridgehead atoms. The molecule has 30 heavy (non-hydrogen) atoms. The first-order chi connectivity index (χ1) is 14.0. The average molecular weight is 548 g/mol. The summed E-state index contributed by atoms with van der Waals surface area (Å²) in [5, 5.41) is 9.74. The second kappa shape index (κ2) is 14.3. The zero-order valence-electron chi connectivity index (χ0n) is 18.4. The zero-order valence-corrected chi connectivity index (χ0v) is 21.5. The van der Waals surface area contributed by atoms with Crippen molar-refractivity contribution in [2.75, 3.05) is 33.9 Å². The van der Waals surface area contributed by atoms with E-state index in [2.05, 4.69) is 46.8 Å². The van der Waals surface area contributed by atoms with Crippen molar-refractivity contribution >= 4 is 41.3 Å². The molecule has 168 valence electrons. The first-order valence-electron chi connectivity index (χ1n) is 9.88. The molecule has 0 amide bonds. The summed E-state index contributed by atoms with van der Waals surface area (Å²) >= 11 is 1.66. The number of guanidine groups is 1. The Morgan fingerprint density at radius 1 is 1.10 bits per heavy atom. The average Bonchev–Trinajstić information content (AvgIpc) is 3.20. The molecule has 0 radical (unpaired) electrons. The largest absolute Gasteiger partial charge is 0.496 e. The number of ether oxygens (including phenoxy) is 3. The normalized spacial score (nSPS) is 11.1. The third-order valence-corrected chi connectivity index (χ3v) is 4.94. The Labute approximate surface area is 200 Å². The number of aliphatic imine (C=N–C) groups is 1. The summed E-state index contributed by atoms with van der Waals surface area (Å²) < 4.78 is 16.3. The van der Waals surface area contributed by atoms with Crippen LogP contribution >= 0.6 is 35.3 Å². The van der Waals surface area contributed by atoms with E-state index in [1.54, 1.807) is 25.6 Å². The molecule has 0 aliphatic heterocycles. The van der Waals surface area contributed by atoms with Gasteiger partial charge in [0.15, 0.2) is 5.96 Å². The maximum atomic E-state index is 5.82. The van der Waals surface area contributed by atoms with Crippen LogP contribution in [0.25, 0.3) is 0 Å². The van der Waals surface area contributed by atoms with Crippen molar-refractivity contribution in [2.45, 2.75) is 39.7 Å². The highest BCUT2D eigenvalue weighted by Crippen LogP contribution is 2.27. The first-order valence-corrected chi connectivity index (χ1v) is 10.8. The molecule has 2 rings (SSSR count). The molecule has 0 aliphatic carbocycles. The lowest BCUT2D eigenvalue weighted by atomic mass is 10.2. The van der Waals surface area contributed by atoms with Crippen LogP contribution in [0.1, 0.15) is 43.8 Å². The summed E-state index contributed by atoms with van der Waals surface area (Å²) in [6.07, 6.45) is 0.832. The van der Waals surface area contributed by atoms with Crippen molar-refractivity contribution in [3.05, 3.63) is 34.3 Å². The van der Waals surface area contributed by atoms with Gasteiger partial charge in [-0.25, -0.2) is 9.98 Å². The quantitative estimate of drug-likeness (QED) is 0.187. The number of methoxy groups -OCH3 is 2. The first kappa shape index (κ1) is 26.3. The number of nitrogens with one attached hydrogen (secondary N) is 2. The molecule has 0 unspecified atom stereocenters. The third kappa shape index (κ3) is 8.95. The minimum atomic E-state index is 0. The van der Waals surface area contributed by atoms with Gasteiger partial charge in [0.25, 0.3) is 0 Å². The van der Waals surface area contributed by atoms with Crippen LogP contribution in [0, 0.1) is 0 Å². The summed E-state index contributed by atoms with van der Waals surface area (Å²) in [5.41, 5.74) is 1.13. The Hall–Kier alpha value is -1.75. The van der Waals surface area contributed by atoms with E-state index in [0.29, 0.717) is 30.6 Å². The van der Waals surface area contributed by atoms with Crippen molar-refractivity contribution in [1.82, 2.24) is 15.6 Å². The van der Waals surface area contributed by atoms with E-state index in [1.807, 2.05) is 18.2 Å². The van der Waals surface area contributed by atoms with Gasteiger partial charge in [-0.3, -0.25) is 0 Å². The third-order valence-electron chi connectivity index (χ3n) is 4.08. The second-order valence-electron chi connectivity index (χ2n) is 6.69. The predicted octanol–water partition coefficient (Wildman–Crippen LogP) is 4.43. The molecule has 0 saturated heterocycles. The van der Waals surface area contributed by atoms with Crippen LogP contribution in [0.3, 0.4) is 0 Å². The molecule has 9 heteroatoms. The monoisotopic (exact) mass is 548 g/mol. The molecule has 7 nitrogen and oxygen atoms in total.